The number of benzene rings is 1. The van der Waals surface area contributed by atoms with Gasteiger partial charge in [-0.25, -0.2) is 0 Å². The van der Waals surface area contributed by atoms with Crippen LogP contribution in [-0.2, 0) is 11.2 Å². The molecule has 152 valence electrons. The van der Waals surface area contributed by atoms with Crippen LogP contribution in [0.3, 0.4) is 0 Å². The van der Waals surface area contributed by atoms with Crippen molar-refractivity contribution in [2.75, 3.05) is 13.7 Å². The number of aromatic nitrogens is 1. The molecule has 2 heterocycles. The van der Waals surface area contributed by atoms with E-state index in [0.717, 1.165) is 35.9 Å². The van der Waals surface area contributed by atoms with Gasteiger partial charge in [-0.15, -0.1) is 0 Å². The minimum atomic E-state index is 0.0114. The molecule has 1 unspecified atom stereocenters. The Morgan fingerprint density at radius 3 is 2.64 bits per heavy atom. The molecule has 3 rings (SSSR count). The number of hydrogen-bond donors (Lipinski definition) is 1. The van der Waals surface area contributed by atoms with Crippen LogP contribution in [0.2, 0.25) is 0 Å². The van der Waals surface area contributed by atoms with E-state index in [1.807, 2.05) is 24.0 Å². The van der Waals surface area contributed by atoms with Gasteiger partial charge in [0.2, 0.25) is 5.91 Å². The number of fused-ring (bicyclic) bond motifs is 3. The largest absolute Gasteiger partial charge is 0.496 e. The standard InChI is InChI=1S/C23H32N2O3/c1-5-6-7-8-9-10-21(27)19-13-18-17-11-12-25(16(3)26)15(2)23(17)24-20(18)14-22(19)28-4/h13-15,24H,5-12H2,1-4H3. The number of aromatic amines is 1. The molecule has 28 heavy (non-hydrogen) atoms. The summed E-state index contributed by atoms with van der Waals surface area (Å²) in [4.78, 5) is 30.1. The van der Waals surface area contributed by atoms with Crippen molar-refractivity contribution in [3.05, 3.63) is 29.0 Å². The van der Waals surface area contributed by atoms with E-state index in [1.165, 1.54) is 24.8 Å². The highest BCUT2D eigenvalue weighted by atomic mass is 16.5. The molecule has 0 radical (unpaired) electrons. The third kappa shape index (κ3) is 3.94. The van der Waals surface area contributed by atoms with Crippen LogP contribution in [0, 0.1) is 0 Å². The Morgan fingerprint density at radius 1 is 1.21 bits per heavy atom. The van der Waals surface area contributed by atoms with Gasteiger partial charge in [0.15, 0.2) is 5.78 Å². The molecule has 5 heteroatoms. The van der Waals surface area contributed by atoms with Crippen LogP contribution >= 0.6 is 0 Å². The van der Waals surface area contributed by atoms with Crippen molar-refractivity contribution in [1.82, 2.24) is 9.88 Å². The van der Waals surface area contributed by atoms with Gasteiger partial charge in [-0.05, 0) is 31.4 Å². The topological polar surface area (TPSA) is 62.4 Å². The third-order valence-electron chi connectivity index (χ3n) is 5.96. The smallest absolute Gasteiger partial charge is 0.220 e. The highest BCUT2D eigenvalue weighted by molar-refractivity contribution is 6.03. The first-order valence-corrected chi connectivity index (χ1v) is 10.5. The summed E-state index contributed by atoms with van der Waals surface area (Å²) in [5, 5.41) is 1.08. The fraction of sp³-hybridized carbons (Fsp3) is 0.565. The zero-order chi connectivity index (χ0) is 20.3. The summed E-state index contributed by atoms with van der Waals surface area (Å²) < 4.78 is 5.53. The van der Waals surface area contributed by atoms with Crippen LogP contribution in [0.4, 0.5) is 0 Å². The predicted octanol–water partition coefficient (Wildman–Crippen LogP) is 5.19. The molecule has 0 saturated carbocycles. The molecule has 1 aromatic carbocycles. The quantitative estimate of drug-likeness (QED) is 0.503. The average molecular weight is 385 g/mol. The third-order valence-corrected chi connectivity index (χ3v) is 5.96. The van der Waals surface area contributed by atoms with Crippen molar-refractivity contribution in [2.24, 2.45) is 0 Å². The molecular formula is C23H32N2O3. The summed E-state index contributed by atoms with van der Waals surface area (Å²) in [5.41, 5.74) is 3.94. The van der Waals surface area contributed by atoms with Gasteiger partial charge in [0.05, 0.1) is 18.7 Å². The lowest BCUT2D eigenvalue weighted by Crippen LogP contribution is -2.37. The number of rotatable bonds is 8. The Kier molecular flexibility index (Phi) is 6.42. The molecule has 0 saturated heterocycles. The number of carbonyl (C=O) groups excluding carboxylic acids is 2. The minimum absolute atomic E-state index is 0.0114. The Labute approximate surface area is 167 Å². The van der Waals surface area contributed by atoms with Gasteiger partial charge in [-0.1, -0.05) is 32.6 Å². The molecule has 5 nitrogen and oxygen atoms in total. The van der Waals surface area contributed by atoms with Crippen LogP contribution in [0.5, 0.6) is 5.75 Å². The minimum Gasteiger partial charge on any atom is -0.496 e. The number of H-pyrrole nitrogens is 1. The first kappa shape index (κ1) is 20.4. The maximum absolute atomic E-state index is 12.9. The fourth-order valence-corrected chi connectivity index (χ4v) is 4.35. The molecule has 0 spiro atoms. The van der Waals surface area contributed by atoms with E-state index < -0.39 is 0 Å². The lowest BCUT2D eigenvalue weighted by Gasteiger charge is -2.32. The maximum Gasteiger partial charge on any atom is 0.220 e. The van der Waals surface area contributed by atoms with E-state index in [4.69, 9.17) is 4.74 Å². The number of Topliss-reactive ketones (excluding diaryl/α,β-unsaturated/α-hetero) is 1. The van der Waals surface area contributed by atoms with Gasteiger partial charge in [0.25, 0.3) is 0 Å². The molecule has 0 aliphatic carbocycles. The summed E-state index contributed by atoms with van der Waals surface area (Å²) in [5.74, 6) is 0.869. The van der Waals surface area contributed by atoms with Crippen molar-refractivity contribution in [3.8, 4) is 5.75 Å². The van der Waals surface area contributed by atoms with E-state index in [0.29, 0.717) is 24.3 Å². The fourth-order valence-electron chi connectivity index (χ4n) is 4.35. The lowest BCUT2D eigenvalue weighted by molar-refractivity contribution is -0.131. The Morgan fingerprint density at radius 2 is 1.96 bits per heavy atom. The van der Waals surface area contributed by atoms with Crippen molar-refractivity contribution in [2.45, 2.75) is 71.8 Å². The van der Waals surface area contributed by atoms with Gasteiger partial charge in [0, 0.05) is 42.6 Å². The van der Waals surface area contributed by atoms with Gasteiger partial charge in [-0.3, -0.25) is 9.59 Å². The number of ether oxygens (including phenoxy) is 1. The number of amides is 1. The number of ketones is 1. The molecule has 1 atom stereocenters. The van der Waals surface area contributed by atoms with Crippen LogP contribution < -0.4 is 4.74 Å². The Bertz CT molecular complexity index is 868. The molecule has 1 aromatic heterocycles. The monoisotopic (exact) mass is 384 g/mol. The number of unbranched alkanes of at least 4 members (excludes halogenated alkanes) is 4. The second-order valence-corrected chi connectivity index (χ2v) is 7.84. The van der Waals surface area contributed by atoms with Crippen LogP contribution in [0.15, 0.2) is 12.1 Å². The van der Waals surface area contributed by atoms with E-state index in [1.54, 1.807) is 14.0 Å². The molecule has 1 amide bonds. The van der Waals surface area contributed by atoms with Crippen molar-refractivity contribution in [3.63, 3.8) is 0 Å². The number of nitrogens with one attached hydrogen (secondary N) is 1. The van der Waals surface area contributed by atoms with Crippen LogP contribution in [0.1, 0.15) is 87.0 Å². The molecule has 1 aliphatic rings. The van der Waals surface area contributed by atoms with Gasteiger partial charge in [0.1, 0.15) is 5.75 Å². The molecule has 1 aliphatic heterocycles. The molecule has 1 N–H and O–H groups in total. The SMILES string of the molecule is CCCCCCCC(=O)c1cc2c3c([nH]c2cc1OC)C(C)N(C(C)=O)CC3. The van der Waals surface area contributed by atoms with Crippen molar-refractivity contribution >= 4 is 22.6 Å². The Balaban J connectivity index is 1.88. The zero-order valence-electron chi connectivity index (χ0n) is 17.6. The van der Waals surface area contributed by atoms with Crippen LogP contribution in [0.25, 0.3) is 10.9 Å². The highest BCUT2D eigenvalue weighted by Crippen LogP contribution is 2.37. The molecule has 0 fully saturated rings. The van der Waals surface area contributed by atoms with Gasteiger partial charge >= 0.3 is 0 Å². The number of hydrogen-bond acceptors (Lipinski definition) is 3. The van der Waals surface area contributed by atoms with Gasteiger partial charge in [-0.2, -0.15) is 0 Å². The number of carbonyl (C=O) groups is 2. The van der Waals surface area contributed by atoms with Crippen LogP contribution in [-0.4, -0.2) is 35.2 Å². The number of methoxy groups -OCH3 is 1. The van der Waals surface area contributed by atoms with E-state index in [2.05, 4.69) is 11.9 Å². The van der Waals surface area contributed by atoms with E-state index in [9.17, 15) is 9.59 Å². The first-order chi connectivity index (χ1) is 13.5. The normalized spacial score (nSPS) is 16.3. The van der Waals surface area contributed by atoms with Crippen molar-refractivity contribution < 1.29 is 14.3 Å². The van der Waals surface area contributed by atoms with Gasteiger partial charge < -0.3 is 14.6 Å². The first-order valence-electron chi connectivity index (χ1n) is 10.5. The second kappa shape index (κ2) is 8.80. The second-order valence-electron chi connectivity index (χ2n) is 7.84. The van der Waals surface area contributed by atoms with E-state index in [-0.39, 0.29) is 17.7 Å². The lowest BCUT2D eigenvalue weighted by atomic mass is 9.95. The highest BCUT2D eigenvalue weighted by Gasteiger charge is 2.29. The summed E-state index contributed by atoms with van der Waals surface area (Å²) >= 11 is 0. The maximum atomic E-state index is 12.9. The number of nitrogens with zero attached hydrogens (tertiary/aromatic N) is 1. The van der Waals surface area contributed by atoms with Crippen molar-refractivity contribution in [1.29, 1.82) is 0 Å². The average Bonchev–Trinajstić information content (AvgIpc) is 3.05. The Hall–Kier alpha value is -2.30. The summed E-state index contributed by atoms with van der Waals surface area (Å²) in [6, 6.07) is 3.94. The summed E-state index contributed by atoms with van der Waals surface area (Å²) in [6.45, 7) is 6.57. The summed E-state index contributed by atoms with van der Waals surface area (Å²) in [7, 11) is 1.61. The molecular weight excluding hydrogens is 352 g/mol. The predicted molar refractivity (Wildman–Crippen MR) is 112 cm³/mol. The molecule has 0 bridgehead atoms. The van der Waals surface area contributed by atoms with E-state index >= 15 is 0 Å². The summed E-state index contributed by atoms with van der Waals surface area (Å²) in [6.07, 6.45) is 7.02. The zero-order valence-corrected chi connectivity index (χ0v) is 17.6. The molecule has 2 aromatic rings.